The summed E-state index contributed by atoms with van der Waals surface area (Å²) >= 11 is 0. The van der Waals surface area contributed by atoms with Crippen molar-refractivity contribution in [2.45, 2.75) is 25.7 Å². The second-order valence-corrected chi connectivity index (χ2v) is 6.74. The number of nitrogens with zero attached hydrogens (tertiary/aromatic N) is 2. The third kappa shape index (κ3) is 3.09. The highest BCUT2D eigenvalue weighted by molar-refractivity contribution is 5.92. The van der Waals surface area contributed by atoms with E-state index in [1.807, 2.05) is 23.2 Å². The van der Waals surface area contributed by atoms with Gasteiger partial charge in [-0.2, -0.15) is 5.10 Å². The minimum absolute atomic E-state index is 0.0751. The Morgan fingerprint density at radius 3 is 2.84 bits per heavy atom. The standard InChI is InChI=1S/C20H22N4O/c1-14-6-8-15(9-7-14)17-12-22-23-19(17)16-4-3-11-24(13-16)20(25)18-5-2-10-21-18/h2,5-10,12,16,21H,3-4,11,13H2,1H3,(H,22,23). The summed E-state index contributed by atoms with van der Waals surface area (Å²) < 4.78 is 0. The van der Waals surface area contributed by atoms with Crippen LogP contribution in [0.15, 0.2) is 48.8 Å². The van der Waals surface area contributed by atoms with Gasteiger partial charge in [0.2, 0.25) is 0 Å². The van der Waals surface area contributed by atoms with E-state index in [-0.39, 0.29) is 11.8 Å². The number of aromatic amines is 2. The molecule has 0 aliphatic carbocycles. The van der Waals surface area contributed by atoms with Crippen LogP contribution in [0.5, 0.6) is 0 Å². The maximum atomic E-state index is 12.6. The van der Waals surface area contributed by atoms with Crippen LogP contribution < -0.4 is 0 Å². The fraction of sp³-hybridized carbons (Fsp3) is 0.300. The Labute approximate surface area is 147 Å². The van der Waals surface area contributed by atoms with E-state index in [1.54, 1.807) is 6.20 Å². The molecule has 2 aromatic heterocycles. The number of benzene rings is 1. The van der Waals surface area contributed by atoms with Gasteiger partial charge in [0.1, 0.15) is 5.69 Å². The smallest absolute Gasteiger partial charge is 0.270 e. The highest BCUT2D eigenvalue weighted by atomic mass is 16.2. The van der Waals surface area contributed by atoms with Crippen LogP contribution in [-0.2, 0) is 0 Å². The lowest BCUT2D eigenvalue weighted by Gasteiger charge is -2.32. The fourth-order valence-electron chi connectivity index (χ4n) is 3.60. The topological polar surface area (TPSA) is 64.8 Å². The van der Waals surface area contributed by atoms with Gasteiger partial charge < -0.3 is 9.88 Å². The number of likely N-dealkylation sites (tertiary alicyclic amines) is 1. The molecule has 1 saturated heterocycles. The molecule has 2 N–H and O–H groups in total. The first kappa shape index (κ1) is 15.7. The number of aryl methyl sites for hydroxylation is 1. The van der Waals surface area contributed by atoms with Crippen molar-refractivity contribution in [3.05, 3.63) is 65.7 Å². The molecule has 3 heterocycles. The van der Waals surface area contributed by atoms with Crippen molar-refractivity contribution >= 4 is 5.91 Å². The highest BCUT2D eigenvalue weighted by Crippen LogP contribution is 2.33. The van der Waals surface area contributed by atoms with Gasteiger partial charge in [0, 0.05) is 36.5 Å². The second-order valence-electron chi connectivity index (χ2n) is 6.74. The molecule has 5 nitrogen and oxygen atoms in total. The number of carbonyl (C=O) groups excluding carboxylic acids is 1. The second kappa shape index (κ2) is 6.59. The van der Waals surface area contributed by atoms with E-state index in [1.165, 1.54) is 11.1 Å². The summed E-state index contributed by atoms with van der Waals surface area (Å²) in [7, 11) is 0. The molecule has 1 amide bonds. The van der Waals surface area contributed by atoms with Crippen LogP contribution in [0.3, 0.4) is 0 Å². The van der Waals surface area contributed by atoms with Gasteiger partial charge in [0.15, 0.2) is 0 Å². The van der Waals surface area contributed by atoms with E-state index in [4.69, 9.17) is 0 Å². The van der Waals surface area contributed by atoms with Crippen LogP contribution in [0.1, 0.15) is 40.5 Å². The summed E-state index contributed by atoms with van der Waals surface area (Å²) in [5.41, 5.74) is 5.34. The molecule has 1 aromatic carbocycles. The van der Waals surface area contributed by atoms with Crippen LogP contribution >= 0.6 is 0 Å². The molecule has 1 atom stereocenters. The Kier molecular flexibility index (Phi) is 4.14. The molecule has 0 spiro atoms. The Morgan fingerprint density at radius 2 is 2.08 bits per heavy atom. The summed E-state index contributed by atoms with van der Waals surface area (Å²) in [4.78, 5) is 17.6. The molecule has 0 saturated carbocycles. The highest BCUT2D eigenvalue weighted by Gasteiger charge is 2.28. The lowest BCUT2D eigenvalue weighted by Crippen LogP contribution is -2.39. The van der Waals surface area contributed by atoms with E-state index in [9.17, 15) is 4.79 Å². The van der Waals surface area contributed by atoms with E-state index >= 15 is 0 Å². The van der Waals surface area contributed by atoms with Crippen molar-refractivity contribution in [3.8, 4) is 11.1 Å². The third-order valence-corrected chi connectivity index (χ3v) is 4.98. The minimum atomic E-state index is 0.0751. The van der Waals surface area contributed by atoms with Gasteiger partial charge in [-0.3, -0.25) is 9.89 Å². The van der Waals surface area contributed by atoms with E-state index in [2.05, 4.69) is 46.4 Å². The maximum absolute atomic E-state index is 12.6. The molecule has 1 aliphatic rings. The molecule has 25 heavy (non-hydrogen) atoms. The molecule has 5 heteroatoms. The number of piperidine rings is 1. The number of nitrogens with one attached hydrogen (secondary N) is 2. The Bertz CT molecular complexity index is 848. The molecule has 1 aliphatic heterocycles. The zero-order valence-corrected chi connectivity index (χ0v) is 14.3. The number of amides is 1. The van der Waals surface area contributed by atoms with Crippen LogP contribution in [-0.4, -0.2) is 39.1 Å². The van der Waals surface area contributed by atoms with Crippen molar-refractivity contribution in [3.63, 3.8) is 0 Å². The Balaban J connectivity index is 1.57. The van der Waals surface area contributed by atoms with E-state index < -0.39 is 0 Å². The first-order chi connectivity index (χ1) is 12.2. The average Bonchev–Trinajstić information content (AvgIpc) is 3.34. The van der Waals surface area contributed by atoms with E-state index in [0.717, 1.165) is 37.2 Å². The SMILES string of the molecule is Cc1ccc(-c2cn[nH]c2C2CCCN(C(=O)c3ccc[nH]3)C2)cc1. The van der Waals surface area contributed by atoms with E-state index in [0.29, 0.717) is 5.69 Å². The number of hydrogen-bond acceptors (Lipinski definition) is 2. The van der Waals surface area contributed by atoms with Crippen molar-refractivity contribution in [1.82, 2.24) is 20.1 Å². The van der Waals surface area contributed by atoms with Crippen LogP contribution in [0.4, 0.5) is 0 Å². The maximum Gasteiger partial charge on any atom is 0.270 e. The summed E-state index contributed by atoms with van der Waals surface area (Å²) in [6, 6.07) is 12.2. The number of aromatic nitrogens is 3. The van der Waals surface area contributed by atoms with Gasteiger partial charge in [-0.25, -0.2) is 0 Å². The van der Waals surface area contributed by atoms with Gasteiger partial charge in [-0.05, 0) is 37.5 Å². The number of rotatable bonds is 3. The molecule has 0 radical (unpaired) electrons. The summed E-state index contributed by atoms with van der Waals surface area (Å²) in [6.07, 6.45) is 5.75. The van der Waals surface area contributed by atoms with Gasteiger partial charge >= 0.3 is 0 Å². The lowest BCUT2D eigenvalue weighted by atomic mass is 9.90. The largest absolute Gasteiger partial charge is 0.357 e. The molecular weight excluding hydrogens is 312 g/mol. The first-order valence-corrected chi connectivity index (χ1v) is 8.75. The third-order valence-electron chi connectivity index (χ3n) is 4.98. The summed E-state index contributed by atoms with van der Waals surface area (Å²) in [5.74, 6) is 0.359. The predicted molar refractivity (Wildman–Crippen MR) is 97.4 cm³/mol. The normalized spacial score (nSPS) is 17.6. The van der Waals surface area contributed by atoms with Crippen molar-refractivity contribution < 1.29 is 4.79 Å². The summed E-state index contributed by atoms with van der Waals surface area (Å²) in [6.45, 7) is 3.62. The van der Waals surface area contributed by atoms with Crippen molar-refractivity contribution in [2.75, 3.05) is 13.1 Å². The number of hydrogen-bond donors (Lipinski definition) is 2. The molecular formula is C20H22N4O. The van der Waals surface area contributed by atoms with Gasteiger partial charge in [0.05, 0.1) is 6.20 Å². The average molecular weight is 334 g/mol. The fourth-order valence-corrected chi connectivity index (χ4v) is 3.60. The molecule has 128 valence electrons. The lowest BCUT2D eigenvalue weighted by molar-refractivity contribution is 0.0700. The van der Waals surface area contributed by atoms with Crippen molar-refractivity contribution in [2.24, 2.45) is 0 Å². The number of H-pyrrole nitrogens is 2. The van der Waals surface area contributed by atoms with Gasteiger partial charge in [-0.15, -0.1) is 0 Å². The minimum Gasteiger partial charge on any atom is -0.357 e. The van der Waals surface area contributed by atoms with Crippen LogP contribution in [0.25, 0.3) is 11.1 Å². The Hall–Kier alpha value is -2.82. The van der Waals surface area contributed by atoms with Crippen molar-refractivity contribution in [1.29, 1.82) is 0 Å². The van der Waals surface area contributed by atoms with Gasteiger partial charge in [-0.1, -0.05) is 29.8 Å². The molecule has 1 unspecified atom stereocenters. The molecule has 4 rings (SSSR count). The quantitative estimate of drug-likeness (QED) is 0.766. The summed E-state index contributed by atoms with van der Waals surface area (Å²) in [5, 5.41) is 7.47. The van der Waals surface area contributed by atoms with Crippen LogP contribution in [0, 0.1) is 6.92 Å². The predicted octanol–water partition coefficient (Wildman–Crippen LogP) is 3.73. The zero-order chi connectivity index (χ0) is 17.2. The molecule has 0 bridgehead atoms. The monoisotopic (exact) mass is 334 g/mol. The first-order valence-electron chi connectivity index (χ1n) is 8.75. The Morgan fingerprint density at radius 1 is 1.24 bits per heavy atom. The zero-order valence-electron chi connectivity index (χ0n) is 14.3. The molecule has 1 fully saturated rings. The van der Waals surface area contributed by atoms with Crippen LogP contribution in [0.2, 0.25) is 0 Å². The molecule has 3 aromatic rings. The van der Waals surface area contributed by atoms with Gasteiger partial charge in [0.25, 0.3) is 5.91 Å². The number of carbonyl (C=O) groups is 1.